The van der Waals surface area contributed by atoms with Crippen LogP contribution >= 0.6 is 0 Å². The Morgan fingerprint density at radius 1 is 1.00 bits per heavy atom. The highest BCUT2D eigenvalue weighted by molar-refractivity contribution is 5.99. The molecule has 0 aromatic heterocycles. The normalized spacial score (nSPS) is 13.5. The lowest BCUT2D eigenvalue weighted by Gasteiger charge is -2.36. The summed E-state index contributed by atoms with van der Waals surface area (Å²) in [7, 11) is 1.58. The number of anilines is 1. The second kappa shape index (κ2) is 14.7. The van der Waals surface area contributed by atoms with Gasteiger partial charge in [-0.15, -0.1) is 0 Å². The third-order valence-corrected chi connectivity index (χ3v) is 6.83. The Hall–Kier alpha value is -3.55. The summed E-state index contributed by atoms with van der Waals surface area (Å²) < 4.78 is 10.7. The van der Waals surface area contributed by atoms with Crippen molar-refractivity contribution in [3.05, 3.63) is 59.2 Å². The minimum Gasteiger partial charge on any atom is -0.497 e. The molecule has 220 valence electrons. The molecular formula is C32H47N3O5. The lowest BCUT2D eigenvalue weighted by atomic mass is 9.93. The Kier molecular flexibility index (Phi) is 12.0. The van der Waals surface area contributed by atoms with Gasteiger partial charge in [-0.05, 0) is 82.3 Å². The van der Waals surface area contributed by atoms with E-state index >= 15 is 0 Å². The second-order valence-corrected chi connectivity index (χ2v) is 11.4. The molecule has 0 bridgehead atoms. The number of alkyl carbamates (subject to hydrolysis) is 1. The minimum atomic E-state index is -0.909. The van der Waals surface area contributed by atoms with Crippen molar-refractivity contribution in [1.82, 2.24) is 10.2 Å². The van der Waals surface area contributed by atoms with Crippen LogP contribution in [0, 0.1) is 19.8 Å². The highest BCUT2D eigenvalue weighted by atomic mass is 16.6. The Morgan fingerprint density at radius 2 is 1.65 bits per heavy atom. The number of benzene rings is 2. The van der Waals surface area contributed by atoms with Crippen molar-refractivity contribution in [3.63, 3.8) is 0 Å². The lowest BCUT2D eigenvalue weighted by molar-refractivity contribution is -0.142. The minimum absolute atomic E-state index is 0.187. The maximum atomic E-state index is 14.4. The zero-order valence-electron chi connectivity index (χ0n) is 25.6. The second-order valence-electron chi connectivity index (χ2n) is 11.4. The van der Waals surface area contributed by atoms with Crippen LogP contribution in [0.5, 0.6) is 5.75 Å². The van der Waals surface area contributed by atoms with E-state index in [4.69, 9.17) is 9.47 Å². The van der Waals surface area contributed by atoms with Gasteiger partial charge >= 0.3 is 6.09 Å². The molecule has 0 aliphatic rings. The smallest absolute Gasteiger partial charge is 0.408 e. The molecule has 0 spiro atoms. The average molecular weight is 554 g/mol. The molecule has 0 aliphatic carbocycles. The van der Waals surface area contributed by atoms with Gasteiger partial charge in [-0.1, -0.05) is 57.4 Å². The molecule has 3 unspecified atom stereocenters. The van der Waals surface area contributed by atoms with Crippen molar-refractivity contribution >= 4 is 23.6 Å². The van der Waals surface area contributed by atoms with E-state index in [1.165, 1.54) is 0 Å². The SMILES string of the molecule is CCCCN(C(=O)C(NC(=O)OC(C)(C)C)C(C)CC)C(C(=O)Nc1ccc(OC)cc1)c1cc(C)ccc1C. The van der Waals surface area contributed by atoms with Crippen LogP contribution in [0.25, 0.3) is 0 Å². The van der Waals surface area contributed by atoms with E-state index in [0.717, 1.165) is 23.1 Å². The summed E-state index contributed by atoms with van der Waals surface area (Å²) in [6.45, 7) is 15.5. The first-order valence-corrected chi connectivity index (χ1v) is 14.1. The highest BCUT2D eigenvalue weighted by Crippen LogP contribution is 2.30. The van der Waals surface area contributed by atoms with E-state index in [-0.39, 0.29) is 17.7 Å². The van der Waals surface area contributed by atoms with Crippen LogP contribution in [0.2, 0.25) is 0 Å². The molecule has 2 N–H and O–H groups in total. The number of carbonyl (C=O) groups excluding carboxylic acids is 3. The monoisotopic (exact) mass is 553 g/mol. The number of carbonyl (C=O) groups is 3. The number of aryl methyl sites for hydroxylation is 2. The molecule has 0 aliphatic heterocycles. The largest absolute Gasteiger partial charge is 0.497 e. The van der Waals surface area contributed by atoms with Gasteiger partial charge in [-0.2, -0.15) is 0 Å². The van der Waals surface area contributed by atoms with Crippen LogP contribution in [-0.4, -0.2) is 48.1 Å². The number of hydrogen-bond acceptors (Lipinski definition) is 5. The molecule has 2 aromatic carbocycles. The Balaban J connectivity index is 2.59. The molecule has 8 heteroatoms. The molecule has 0 fully saturated rings. The number of ether oxygens (including phenoxy) is 2. The van der Waals surface area contributed by atoms with Gasteiger partial charge in [-0.3, -0.25) is 9.59 Å². The first-order chi connectivity index (χ1) is 18.8. The van der Waals surface area contributed by atoms with Crippen LogP contribution in [0.1, 0.15) is 83.5 Å². The van der Waals surface area contributed by atoms with Crippen molar-refractivity contribution in [3.8, 4) is 5.75 Å². The summed E-state index contributed by atoms with van der Waals surface area (Å²) >= 11 is 0. The van der Waals surface area contributed by atoms with E-state index in [1.54, 1.807) is 57.0 Å². The maximum Gasteiger partial charge on any atom is 0.408 e. The molecule has 40 heavy (non-hydrogen) atoms. The molecule has 8 nitrogen and oxygen atoms in total. The summed E-state index contributed by atoms with van der Waals surface area (Å²) in [5.74, 6) is -0.158. The van der Waals surface area contributed by atoms with E-state index in [2.05, 4.69) is 10.6 Å². The molecule has 2 aromatic rings. The molecule has 0 saturated heterocycles. The molecule has 0 heterocycles. The van der Waals surface area contributed by atoms with Crippen LogP contribution < -0.4 is 15.4 Å². The van der Waals surface area contributed by atoms with Crippen LogP contribution in [0.4, 0.5) is 10.5 Å². The van der Waals surface area contributed by atoms with Gasteiger partial charge in [0.2, 0.25) is 5.91 Å². The average Bonchev–Trinajstić information content (AvgIpc) is 2.89. The van der Waals surface area contributed by atoms with Gasteiger partial charge in [0.25, 0.3) is 5.91 Å². The molecule has 3 amide bonds. The molecule has 0 saturated carbocycles. The van der Waals surface area contributed by atoms with E-state index in [1.807, 2.05) is 52.8 Å². The quantitative estimate of drug-likeness (QED) is 0.310. The Morgan fingerprint density at radius 3 is 2.20 bits per heavy atom. The predicted octanol–water partition coefficient (Wildman–Crippen LogP) is 6.56. The van der Waals surface area contributed by atoms with E-state index in [0.29, 0.717) is 30.8 Å². The van der Waals surface area contributed by atoms with Gasteiger partial charge < -0.3 is 25.0 Å². The third kappa shape index (κ3) is 9.28. The van der Waals surface area contributed by atoms with Crippen LogP contribution in [-0.2, 0) is 14.3 Å². The van der Waals surface area contributed by atoms with Crippen molar-refractivity contribution in [2.24, 2.45) is 5.92 Å². The number of nitrogens with one attached hydrogen (secondary N) is 2. The zero-order valence-corrected chi connectivity index (χ0v) is 25.6. The standard InChI is InChI=1S/C32H47N3O5/c1-10-12-19-35(30(37)27(22(4)11-2)34-31(38)40-32(6,7)8)28(26-20-21(3)13-14-23(26)5)29(36)33-24-15-17-25(39-9)18-16-24/h13-18,20,22,27-28H,10-12,19H2,1-9H3,(H,33,36)(H,34,38). The van der Waals surface area contributed by atoms with Gasteiger partial charge in [0.15, 0.2) is 0 Å². The number of amides is 3. The van der Waals surface area contributed by atoms with E-state index in [9.17, 15) is 14.4 Å². The van der Waals surface area contributed by atoms with Crippen molar-refractivity contribution < 1.29 is 23.9 Å². The Labute approximate surface area is 239 Å². The van der Waals surface area contributed by atoms with E-state index < -0.39 is 23.8 Å². The number of methoxy groups -OCH3 is 1. The summed E-state index contributed by atoms with van der Waals surface area (Å²) in [5, 5.41) is 5.82. The topological polar surface area (TPSA) is 97.0 Å². The zero-order chi connectivity index (χ0) is 30.0. The lowest BCUT2D eigenvalue weighted by Crippen LogP contribution is -2.55. The molecular weight excluding hydrogens is 506 g/mol. The number of nitrogens with zero attached hydrogens (tertiary/aromatic N) is 1. The first-order valence-electron chi connectivity index (χ1n) is 14.1. The number of unbranched alkanes of at least 4 members (excludes halogenated alkanes) is 1. The molecule has 0 radical (unpaired) electrons. The van der Waals surface area contributed by atoms with Crippen molar-refractivity contribution in [1.29, 1.82) is 0 Å². The highest BCUT2D eigenvalue weighted by Gasteiger charge is 2.38. The fourth-order valence-electron chi connectivity index (χ4n) is 4.38. The molecule has 2 rings (SSSR count). The van der Waals surface area contributed by atoms with Crippen molar-refractivity contribution in [2.75, 3.05) is 19.0 Å². The summed E-state index contributed by atoms with van der Waals surface area (Å²) in [6, 6.07) is 11.2. The number of rotatable bonds is 12. The Bertz CT molecular complexity index is 1140. The van der Waals surface area contributed by atoms with Crippen LogP contribution in [0.15, 0.2) is 42.5 Å². The van der Waals surface area contributed by atoms with Gasteiger partial charge in [-0.25, -0.2) is 4.79 Å². The van der Waals surface area contributed by atoms with Crippen molar-refractivity contribution in [2.45, 2.75) is 92.3 Å². The predicted molar refractivity (Wildman–Crippen MR) is 160 cm³/mol. The number of hydrogen-bond donors (Lipinski definition) is 2. The first kappa shape index (κ1) is 32.7. The van der Waals surface area contributed by atoms with Gasteiger partial charge in [0, 0.05) is 12.2 Å². The van der Waals surface area contributed by atoms with Gasteiger partial charge in [0.05, 0.1) is 7.11 Å². The summed E-state index contributed by atoms with van der Waals surface area (Å²) in [4.78, 5) is 42.9. The van der Waals surface area contributed by atoms with Gasteiger partial charge in [0.1, 0.15) is 23.4 Å². The summed E-state index contributed by atoms with van der Waals surface area (Å²) in [6.07, 6.45) is 1.52. The summed E-state index contributed by atoms with van der Waals surface area (Å²) in [5.41, 5.74) is 2.50. The maximum absolute atomic E-state index is 14.4. The fourth-order valence-corrected chi connectivity index (χ4v) is 4.38. The molecule has 3 atom stereocenters. The third-order valence-electron chi connectivity index (χ3n) is 6.83. The fraction of sp³-hybridized carbons (Fsp3) is 0.531. The van der Waals surface area contributed by atoms with Crippen LogP contribution in [0.3, 0.4) is 0 Å².